The molecule has 0 N–H and O–H groups in total. The maximum Gasteiger partial charge on any atom is 0.292 e. The zero-order valence-electron chi connectivity index (χ0n) is 1.71. The van der Waals surface area contributed by atoms with Crippen LogP contribution in [0.5, 0.6) is 0 Å². The van der Waals surface area contributed by atoms with Gasteiger partial charge >= 0.3 is 0 Å². The van der Waals surface area contributed by atoms with E-state index in [1.54, 1.807) is 0 Å². The third-order valence-electron chi connectivity index (χ3n) is 0. The van der Waals surface area contributed by atoms with E-state index in [9.17, 15) is 8.78 Å². The highest BCUT2D eigenvalue weighted by atomic mass is 80.9. The van der Waals surface area contributed by atoms with Gasteiger partial charge < -0.3 is 0 Å². The summed E-state index contributed by atoms with van der Waals surface area (Å²) in [4.78, 5) is 0. The molecule has 0 atom stereocenters. The van der Waals surface area contributed by atoms with Gasteiger partial charge in [-0.1, -0.05) is 0 Å². The van der Waals surface area contributed by atoms with Crippen LogP contribution in [0.15, 0.2) is 0 Å². The molecule has 0 saturated carbocycles. The van der Waals surface area contributed by atoms with E-state index in [0.29, 0.717) is 0 Å². The lowest BCUT2D eigenvalue weighted by Crippen LogP contribution is -1.60. The normalized spacial score (nSPS) is 9.00. The van der Waals surface area contributed by atoms with Crippen LogP contribution in [0.4, 0.5) is 8.78 Å². The summed E-state index contributed by atoms with van der Waals surface area (Å²) in [5.41, 5.74) is 0. The number of hydrogen-bond acceptors (Lipinski definition) is 0. The van der Waals surface area contributed by atoms with Crippen LogP contribution in [-0.2, 0) is 0 Å². The predicted molar refractivity (Wildman–Crippen MR) is 14.9 cm³/mol. The van der Waals surface area contributed by atoms with E-state index in [4.69, 9.17) is 0 Å². The second kappa shape index (κ2) is 1.64. The summed E-state index contributed by atoms with van der Waals surface area (Å²) in [6.07, 6.45) is 0. The van der Waals surface area contributed by atoms with E-state index in [1.165, 1.54) is 0 Å². The third-order valence-corrected chi connectivity index (χ3v) is 0. The van der Waals surface area contributed by atoms with Crippen molar-refractivity contribution in [2.45, 2.75) is 5.33 Å². The first-order valence-corrected chi connectivity index (χ1v) is 1.57. The molecule has 0 saturated heterocycles. The van der Waals surface area contributed by atoms with Crippen molar-refractivity contribution in [1.82, 2.24) is 0 Å². The van der Waals surface area contributed by atoms with Crippen LogP contribution >= 0.6 is 15.9 Å². The Morgan fingerprint density at radius 2 is 1.50 bits per heavy atom. The third kappa shape index (κ3) is 36.3. The molecule has 4 heavy (non-hydrogen) atoms. The first-order valence-electron chi connectivity index (χ1n) is 0.655. The zero-order valence-corrected chi connectivity index (χ0v) is 3.30. The van der Waals surface area contributed by atoms with E-state index in [1.807, 2.05) is 15.9 Å². The molecule has 0 rings (SSSR count). The van der Waals surface area contributed by atoms with Crippen molar-refractivity contribution in [3.05, 3.63) is 0 Å². The van der Waals surface area contributed by atoms with Gasteiger partial charge in [-0.25, -0.2) is 0 Å². The Morgan fingerprint density at radius 1 is 1.50 bits per heavy atom. The second-order valence-corrected chi connectivity index (χ2v) is 0.940. The lowest BCUT2D eigenvalue weighted by atomic mass is 11.7. The Kier molecular flexibility index (Phi) is 1.78. The van der Waals surface area contributed by atoms with Crippen LogP contribution in [0.3, 0.4) is 0 Å². The fourth-order valence-corrected chi connectivity index (χ4v) is 0. The molecule has 0 aliphatic rings. The van der Waals surface area contributed by atoms with Gasteiger partial charge in [-0.2, -0.15) is 8.78 Å². The fraction of sp³-hybridized carbons (Fsp3) is 1.00. The number of hydrogen-bond donors (Lipinski definition) is 0. The van der Waals surface area contributed by atoms with E-state index in [-0.39, 0.29) is 0 Å². The summed E-state index contributed by atoms with van der Waals surface area (Å²) in [5.74, 6) is 0. The van der Waals surface area contributed by atoms with Gasteiger partial charge in [0.2, 0.25) is 0 Å². The average molecular weight is 132 g/mol. The van der Waals surface area contributed by atoms with Crippen LogP contribution in [0.1, 0.15) is 0 Å². The van der Waals surface area contributed by atoms with Gasteiger partial charge in [-0.05, 0) is 15.9 Å². The van der Waals surface area contributed by atoms with Crippen LogP contribution in [0.2, 0.25) is 0 Å². The topological polar surface area (TPSA) is 0 Å². The summed E-state index contributed by atoms with van der Waals surface area (Å²) in [5, 5.41) is -2.35. The first kappa shape index (κ1) is 4.34. The van der Waals surface area contributed by atoms with Gasteiger partial charge in [-0.3, -0.25) is 0 Å². The van der Waals surface area contributed by atoms with E-state index < -0.39 is 5.33 Å². The monoisotopic (exact) mass is 132 g/mol. The molecule has 0 aliphatic carbocycles. The van der Waals surface area contributed by atoms with Gasteiger partial charge in [-0.15, -0.1) is 0 Å². The summed E-state index contributed by atoms with van der Waals surface area (Å²) >= 11 is 1.94. The van der Waals surface area contributed by atoms with Gasteiger partial charge in [0, 0.05) is 0 Å². The fourth-order valence-electron chi connectivity index (χ4n) is 0. The van der Waals surface area contributed by atoms with Crippen molar-refractivity contribution < 1.29 is 8.78 Å². The molecule has 0 aromatic heterocycles. The second-order valence-electron chi connectivity index (χ2n) is 0.247. The van der Waals surface area contributed by atoms with Gasteiger partial charge in [0.15, 0.2) is 0 Å². The molecular weight excluding hydrogens is 131 g/mol. The Morgan fingerprint density at radius 3 is 1.50 bits per heavy atom. The number of halogens is 3. The van der Waals surface area contributed by atoms with Crippen LogP contribution in [-0.4, -0.2) is 5.33 Å². The summed E-state index contributed by atoms with van der Waals surface area (Å²) in [6, 6.07) is 0. The SMILES string of the molecule is FC(F)[81Br]. The molecule has 0 radical (unpaired) electrons. The van der Waals surface area contributed by atoms with Crippen molar-refractivity contribution in [2.24, 2.45) is 0 Å². The molecule has 0 aliphatic heterocycles. The summed E-state index contributed by atoms with van der Waals surface area (Å²) in [6.45, 7) is 0. The van der Waals surface area contributed by atoms with Crippen molar-refractivity contribution in [3.8, 4) is 0 Å². The van der Waals surface area contributed by atoms with Gasteiger partial charge in [0.05, 0.1) is 0 Å². The largest absolute Gasteiger partial charge is 0.292 e. The Balaban J connectivity index is 2.32. The Bertz CT molecular complexity index is 10.8. The van der Waals surface area contributed by atoms with Gasteiger partial charge in [0.1, 0.15) is 0 Å². The van der Waals surface area contributed by atoms with Crippen LogP contribution < -0.4 is 0 Å². The highest BCUT2D eigenvalue weighted by molar-refractivity contribution is 9.09. The quantitative estimate of drug-likeness (QED) is 0.439. The maximum atomic E-state index is 10.2. The molecule has 26 valence electrons. The minimum absolute atomic E-state index is 1.94. The molecular formula is CHBrF2. The van der Waals surface area contributed by atoms with Crippen molar-refractivity contribution in [2.75, 3.05) is 0 Å². The standard InChI is InChI=1S/CHBrF2/c2-1(3)4/h1H/i2+1. The predicted octanol–water partition coefficient (Wildman–Crippen LogP) is 1.60. The molecule has 3 heteroatoms. The first-order chi connectivity index (χ1) is 1.73. The number of rotatable bonds is 0. The van der Waals surface area contributed by atoms with Gasteiger partial charge in [0.25, 0.3) is 5.33 Å². The summed E-state index contributed by atoms with van der Waals surface area (Å²) in [7, 11) is 0. The molecule has 0 spiro atoms. The average Bonchev–Trinajstić information content (AvgIpc) is 0.811. The Labute approximate surface area is 30.9 Å². The molecule has 0 aromatic carbocycles. The van der Waals surface area contributed by atoms with Crippen LogP contribution in [0.25, 0.3) is 0 Å². The maximum absolute atomic E-state index is 10.2. The summed E-state index contributed by atoms with van der Waals surface area (Å²) < 4.78 is 20.5. The molecule has 0 unspecified atom stereocenters. The molecule has 0 heterocycles. The van der Waals surface area contributed by atoms with Crippen molar-refractivity contribution in [1.29, 1.82) is 0 Å². The molecule has 0 bridgehead atoms. The Hall–Kier alpha value is 0.340. The zero-order chi connectivity index (χ0) is 3.58. The number of alkyl halides is 3. The van der Waals surface area contributed by atoms with Crippen LogP contribution in [0, 0.1) is 0 Å². The van der Waals surface area contributed by atoms with Crippen molar-refractivity contribution in [3.63, 3.8) is 0 Å². The molecule has 0 aromatic rings. The smallest absolute Gasteiger partial charge is 0.197 e. The highest BCUT2D eigenvalue weighted by Crippen LogP contribution is 1.97. The molecule has 0 nitrogen and oxygen atoms in total. The van der Waals surface area contributed by atoms with E-state index in [0.717, 1.165) is 0 Å². The minimum Gasteiger partial charge on any atom is -0.197 e. The van der Waals surface area contributed by atoms with E-state index in [2.05, 4.69) is 0 Å². The van der Waals surface area contributed by atoms with Crippen molar-refractivity contribution >= 4 is 15.9 Å². The highest BCUT2D eigenvalue weighted by Gasteiger charge is 1.83. The van der Waals surface area contributed by atoms with E-state index >= 15 is 0 Å². The molecule has 0 amide bonds. The lowest BCUT2D eigenvalue weighted by Gasteiger charge is -1.67. The minimum atomic E-state index is -2.35. The lowest BCUT2D eigenvalue weighted by molar-refractivity contribution is 0.260. The molecule has 0 fully saturated rings.